The highest BCUT2D eigenvalue weighted by Crippen LogP contribution is 2.36. The first-order valence-electron chi connectivity index (χ1n) is 3.93. The summed E-state index contributed by atoms with van der Waals surface area (Å²) in [7, 11) is 1.18. The van der Waals surface area contributed by atoms with E-state index in [0.29, 0.717) is 0 Å². The summed E-state index contributed by atoms with van der Waals surface area (Å²) in [4.78, 5) is 11.5. The van der Waals surface area contributed by atoms with Gasteiger partial charge in [0.05, 0.1) is 11.3 Å². The zero-order valence-electron chi connectivity index (χ0n) is 7.68. The maximum absolute atomic E-state index is 12.5. The molecule has 0 saturated heterocycles. The van der Waals surface area contributed by atoms with E-state index < -0.39 is 17.1 Å². The lowest BCUT2D eigenvalue weighted by Gasteiger charge is -2.19. The minimum Gasteiger partial charge on any atom is -0.301 e. The predicted molar refractivity (Wildman–Crippen MR) is 51.1 cm³/mol. The fraction of sp³-hybridized carbons (Fsp3) is 0.222. The second kappa shape index (κ2) is 4.10. The van der Waals surface area contributed by atoms with Gasteiger partial charge in [-0.1, -0.05) is 12.1 Å². The van der Waals surface area contributed by atoms with Crippen molar-refractivity contribution < 1.29 is 18.0 Å². The van der Waals surface area contributed by atoms with Crippen molar-refractivity contribution in [3.05, 3.63) is 29.8 Å². The molecule has 0 aromatic heterocycles. The summed E-state index contributed by atoms with van der Waals surface area (Å²) in [5, 5.41) is -0.966. The molecular weight excluding hydrogens is 231 g/mol. The number of alkyl halides is 3. The molecule has 82 valence electrons. The molecule has 0 atom stereocenters. The van der Waals surface area contributed by atoms with Gasteiger partial charge in [0.15, 0.2) is 0 Å². The molecule has 15 heavy (non-hydrogen) atoms. The molecule has 1 aromatic carbocycles. The molecule has 0 fully saturated rings. The van der Waals surface area contributed by atoms with Gasteiger partial charge >= 0.3 is 11.5 Å². The fourth-order valence-electron chi connectivity index (χ4n) is 1.10. The van der Waals surface area contributed by atoms with Crippen LogP contribution in [0.2, 0.25) is 0 Å². The molecule has 2 nitrogen and oxygen atoms in total. The Bertz CT molecular complexity index is 378. The van der Waals surface area contributed by atoms with Crippen molar-refractivity contribution in [1.29, 1.82) is 0 Å². The molecule has 0 heterocycles. The Balaban J connectivity index is 3.24. The summed E-state index contributed by atoms with van der Waals surface area (Å²) in [5.41, 5.74) is -1.15. The van der Waals surface area contributed by atoms with Gasteiger partial charge in [0, 0.05) is 7.05 Å². The molecule has 0 aliphatic carbocycles. The third kappa shape index (κ3) is 2.62. The summed E-state index contributed by atoms with van der Waals surface area (Å²) in [6.45, 7) is 0. The molecule has 6 heteroatoms. The molecule has 0 saturated carbocycles. The first kappa shape index (κ1) is 11.8. The van der Waals surface area contributed by atoms with Gasteiger partial charge in [-0.2, -0.15) is 13.2 Å². The van der Waals surface area contributed by atoms with E-state index in [9.17, 15) is 18.0 Å². The first-order valence-corrected chi connectivity index (χ1v) is 4.31. The Labute approximate surface area is 89.2 Å². The molecule has 0 bridgehead atoms. The first-order chi connectivity index (χ1) is 6.84. The Kier molecular flexibility index (Phi) is 3.24. The van der Waals surface area contributed by atoms with Gasteiger partial charge in [-0.05, 0) is 23.7 Å². The molecule has 0 unspecified atom stereocenters. The lowest BCUT2D eigenvalue weighted by molar-refractivity contribution is -0.137. The van der Waals surface area contributed by atoms with Crippen LogP contribution in [0.5, 0.6) is 0 Å². The van der Waals surface area contributed by atoms with Crippen molar-refractivity contribution >= 4 is 22.7 Å². The minimum atomic E-state index is -4.50. The number of rotatable bonds is 1. The van der Waals surface area contributed by atoms with Crippen LogP contribution in [0.25, 0.3) is 0 Å². The zero-order valence-corrected chi connectivity index (χ0v) is 8.43. The number of carbonyl (C=O) groups is 1. The van der Waals surface area contributed by atoms with Gasteiger partial charge in [0.2, 0.25) is 0 Å². The number of halogens is 4. The topological polar surface area (TPSA) is 20.3 Å². The second-order valence-corrected chi connectivity index (χ2v) is 3.15. The molecule has 0 aliphatic heterocycles. The van der Waals surface area contributed by atoms with Crippen LogP contribution in [0.4, 0.5) is 23.7 Å². The van der Waals surface area contributed by atoms with Crippen LogP contribution >= 0.6 is 11.6 Å². The lowest BCUT2D eigenvalue weighted by atomic mass is 10.1. The standard InChI is InChI=1S/C9H7ClF3NO/c1-14(8(10)15)7-5-3-2-4-6(7)9(11,12)13/h2-5H,1H3. The van der Waals surface area contributed by atoms with Crippen LogP contribution in [0.3, 0.4) is 0 Å². The van der Waals surface area contributed by atoms with E-state index >= 15 is 0 Å². The summed E-state index contributed by atoms with van der Waals surface area (Å²) in [6, 6.07) is 4.73. The van der Waals surface area contributed by atoms with Crippen LogP contribution in [0.1, 0.15) is 5.56 Å². The number of benzene rings is 1. The van der Waals surface area contributed by atoms with Gasteiger partial charge in [-0.3, -0.25) is 4.79 Å². The van der Waals surface area contributed by atoms with Gasteiger partial charge in [0.25, 0.3) is 0 Å². The Morgan fingerprint density at radius 3 is 2.33 bits per heavy atom. The highest BCUT2D eigenvalue weighted by atomic mass is 35.5. The van der Waals surface area contributed by atoms with Crippen LogP contribution < -0.4 is 4.90 Å². The smallest absolute Gasteiger partial charge is 0.301 e. The maximum atomic E-state index is 12.5. The SMILES string of the molecule is CN(C(=O)Cl)c1ccccc1C(F)(F)F. The van der Waals surface area contributed by atoms with Crippen molar-refractivity contribution in [2.24, 2.45) is 0 Å². The molecular formula is C9H7ClF3NO. The van der Waals surface area contributed by atoms with Crippen molar-refractivity contribution in [2.45, 2.75) is 6.18 Å². The average Bonchev–Trinajstić information content (AvgIpc) is 2.15. The molecule has 0 aliphatic rings. The minimum absolute atomic E-state index is 0.259. The summed E-state index contributed by atoms with van der Waals surface area (Å²) < 4.78 is 37.5. The number of anilines is 1. The number of carbonyl (C=O) groups excluding carboxylic acids is 1. The van der Waals surface area contributed by atoms with Gasteiger partial charge in [0.1, 0.15) is 0 Å². The van der Waals surface area contributed by atoms with Crippen molar-refractivity contribution in [2.75, 3.05) is 11.9 Å². The van der Waals surface area contributed by atoms with Crippen LogP contribution in [0, 0.1) is 0 Å². The summed E-state index contributed by atoms with van der Waals surface area (Å²) in [5.74, 6) is 0. The van der Waals surface area contributed by atoms with E-state index in [1.165, 1.54) is 25.2 Å². The fourth-order valence-corrected chi connectivity index (χ4v) is 1.19. The van der Waals surface area contributed by atoms with Crippen molar-refractivity contribution in [3.63, 3.8) is 0 Å². The quantitative estimate of drug-likeness (QED) is 0.541. The van der Waals surface area contributed by atoms with E-state index in [1.54, 1.807) is 0 Å². The number of amides is 1. The van der Waals surface area contributed by atoms with Crippen LogP contribution in [-0.2, 0) is 6.18 Å². The number of para-hydroxylation sites is 1. The number of hydrogen-bond acceptors (Lipinski definition) is 1. The van der Waals surface area contributed by atoms with E-state index in [1.807, 2.05) is 0 Å². The monoisotopic (exact) mass is 237 g/mol. The van der Waals surface area contributed by atoms with Gasteiger partial charge in [-0.25, -0.2) is 0 Å². The molecule has 1 aromatic rings. The third-order valence-electron chi connectivity index (χ3n) is 1.83. The second-order valence-electron chi connectivity index (χ2n) is 2.83. The molecule has 0 N–H and O–H groups in total. The summed E-state index contributed by atoms with van der Waals surface area (Å²) >= 11 is 5.10. The normalized spacial score (nSPS) is 11.3. The van der Waals surface area contributed by atoms with Crippen LogP contribution in [0.15, 0.2) is 24.3 Å². The molecule has 1 rings (SSSR count). The lowest BCUT2D eigenvalue weighted by Crippen LogP contribution is -2.23. The van der Waals surface area contributed by atoms with Gasteiger partial charge in [-0.15, -0.1) is 0 Å². The maximum Gasteiger partial charge on any atom is 0.418 e. The highest BCUT2D eigenvalue weighted by Gasteiger charge is 2.34. The molecule has 0 radical (unpaired) electrons. The van der Waals surface area contributed by atoms with E-state index in [-0.39, 0.29) is 5.69 Å². The van der Waals surface area contributed by atoms with Crippen molar-refractivity contribution in [1.82, 2.24) is 0 Å². The van der Waals surface area contributed by atoms with E-state index in [4.69, 9.17) is 11.6 Å². The van der Waals surface area contributed by atoms with Gasteiger partial charge < -0.3 is 4.90 Å². The molecule has 0 spiro atoms. The Morgan fingerprint density at radius 1 is 1.33 bits per heavy atom. The Morgan fingerprint density at radius 2 is 1.87 bits per heavy atom. The third-order valence-corrected chi connectivity index (χ3v) is 2.09. The largest absolute Gasteiger partial charge is 0.418 e. The Hall–Kier alpha value is -1.23. The number of hydrogen-bond donors (Lipinski definition) is 0. The van der Waals surface area contributed by atoms with E-state index in [2.05, 4.69) is 0 Å². The van der Waals surface area contributed by atoms with Crippen LogP contribution in [-0.4, -0.2) is 12.4 Å². The van der Waals surface area contributed by atoms with E-state index in [0.717, 1.165) is 11.0 Å². The van der Waals surface area contributed by atoms with Crippen molar-refractivity contribution in [3.8, 4) is 0 Å². The predicted octanol–water partition coefficient (Wildman–Crippen LogP) is 3.50. The molecule has 1 amide bonds. The average molecular weight is 238 g/mol. The highest BCUT2D eigenvalue weighted by molar-refractivity contribution is 6.66. The number of nitrogens with zero attached hydrogens (tertiary/aromatic N) is 1. The summed E-state index contributed by atoms with van der Waals surface area (Å²) in [6.07, 6.45) is -4.50. The zero-order chi connectivity index (χ0) is 11.6.